The largest absolute Gasteiger partial charge is 0.480 e. The molecule has 0 aromatic carbocycles. The lowest BCUT2D eigenvalue weighted by atomic mass is 10.4. The Morgan fingerprint density at radius 2 is 2.13 bits per heavy atom. The van der Waals surface area contributed by atoms with E-state index in [0.29, 0.717) is 26.1 Å². The van der Waals surface area contributed by atoms with Gasteiger partial charge >= 0.3 is 12.0 Å². The minimum Gasteiger partial charge on any atom is -0.480 e. The summed E-state index contributed by atoms with van der Waals surface area (Å²) in [5.74, 6) is -1.01. The maximum absolute atomic E-state index is 11.4. The number of carbonyl (C=O) groups excluding carboxylic acids is 1. The predicted octanol–water partition coefficient (Wildman–Crippen LogP) is 0.139. The zero-order chi connectivity index (χ0) is 11.7. The molecule has 0 spiro atoms. The summed E-state index contributed by atoms with van der Waals surface area (Å²) in [6, 6.07) is -0.351. The van der Waals surface area contributed by atoms with Crippen molar-refractivity contribution in [3.8, 4) is 0 Å². The fraction of sp³-hybridized carbons (Fsp3) is 0.778. The molecule has 0 rings (SSSR count). The van der Waals surface area contributed by atoms with Gasteiger partial charge in [-0.3, -0.25) is 4.79 Å². The van der Waals surface area contributed by atoms with E-state index < -0.39 is 5.97 Å². The molecule has 0 aromatic rings. The molecule has 0 bridgehead atoms. The maximum Gasteiger partial charge on any atom is 0.323 e. The third-order valence-corrected chi connectivity index (χ3v) is 1.80. The van der Waals surface area contributed by atoms with Gasteiger partial charge in [0.2, 0.25) is 0 Å². The molecule has 0 unspecified atom stereocenters. The first kappa shape index (κ1) is 13.7. The molecule has 6 heteroatoms. The number of ether oxygens (including phenoxy) is 1. The van der Waals surface area contributed by atoms with Crippen LogP contribution in [0.4, 0.5) is 4.79 Å². The highest BCUT2D eigenvalue weighted by molar-refractivity contribution is 5.79. The van der Waals surface area contributed by atoms with E-state index in [9.17, 15) is 9.59 Å². The van der Waals surface area contributed by atoms with Crippen LogP contribution in [0.1, 0.15) is 13.3 Å². The predicted molar refractivity (Wildman–Crippen MR) is 54.8 cm³/mol. The molecule has 0 saturated heterocycles. The number of amides is 2. The maximum atomic E-state index is 11.4. The molecule has 88 valence electrons. The van der Waals surface area contributed by atoms with Crippen molar-refractivity contribution in [3.63, 3.8) is 0 Å². The summed E-state index contributed by atoms with van der Waals surface area (Å²) in [7, 11) is 1.59. The number of aliphatic carboxylic acids is 1. The smallest absolute Gasteiger partial charge is 0.323 e. The van der Waals surface area contributed by atoms with E-state index >= 15 is 0 Å². The first-order valence-electron chi connectivity index (χ1n) is 4.85. The molecule has 2 amide bonds. The SMILES string of the molecule is CCN(CC(=O)O)C(=O)NCCCOC. The summed E-state index contributed by atoms with van der Waals surface area (Å²) in [5.41, 5.74) is 0. The van der Waals surface area contributed by atoms with E-state index in [1.54, 1.807) is 14.0 Å². The normalized spacial score (nSPS) is 9.73. The Hall–Kier alpha value is -1.30. The van der Waals surface area contributed by atoms with E-state index in [-0.39, 0.29) is 12.6 Å². The van der Waals surface area contributed by atoms with Gasteiger partial charge in [0.25, 0.3) is 0 Å². The second kappa shape index (κ2) is 8.05. The van der Waals surface area contributed by atoms with Gasteiger partial charge in [0.15, 0.2) is 0 Å². The Kier molecular flexibility index (Phi) is 7.35. The highest BCUT2D eigenvalue weighted by Gasteiger charge is 2.13. The monoisotopic (exact) mass is 218 g/mol. The fourth-order valence-corrected chi connectivity index (χ4v) is 1.01. The number of nitrogens with one attached hydrogen (secondary N) is 1. The number of rotatable bonds is 7. The van der Waals surface area contributed by atoms with E-state index in [1.165, 1.54) is 4.90 Å². The molecule has 0 aliphatic carbocycles. The van der Waals surface area contributed by atoms with Crippen molar-refractivity contribution in [2.24, 2.45) is 0 Å². The Bertz CT molecular complexity index is 208. The van der Waals surface area contributed by atoms with E-state index in [1.807, 2.05) is 0 Å². The van der Waals surface area contributed by atoms with Gasteiger partial charge in [-0.05, 0) is 13.3 Å². The summed E-state index contributed by atoms with van der Waals surface area (Å²) in [6.07, 6.45) is 0.715. The Morgan fingerprint density at radius 1 is 1.47 bits per heavy atom. The molecule has 0 atom stereocenters. The second-order valence-electron chi connectivity index (χ2n) is 2.99. The van der Waals surface area contributed by atoms with Gasteiger partial charge in [0, 0.05) is 26.8 Å². The molecule has 0 heterocycles. The first-order valence-corrected chi connectivity index (χ1v) is 4.85. The van der Waals surface area contributed by atoms with Crippen LogP contribution in [-0.2, 0) is 9.53 Å². The van der Waals surface area contributed by atoms with Gasteiger partial charge in [-0.2, -0.15) is 0 Å². The number of carboxylic acids is 1. The lowest BCUT2D eigenvalue weighted by molar-refractivity contribution is -0.137. The second-order valence-corrected chi connectivity index (χ2v) is 2.99. The fourth-order valence-electron chi connectivity index (χ4n) is 1.01. The third-order valence-electron chi connectivity index (χ3n) is 1.80. The number of carbonyl (C=O) groups is 2. The Morgan fingerprint density at radius 3 is 2.60 bits per heavy atom. The zero-order valence-electron chi connectivity index (χ0n) is 9.15. The number of hydrogen-bond acceptors (Lipinski definition) is 3. The molecule has 0 aliphatic heterocycles. The number of hydrogen-bond donors (Lipinski definition) is 2. The molecule has 0 aromatic heterocycles. The van der Waals surface area contributed by atoms with Crippen LogP contribution in [0.25, 0.3) is 0 Å². The number of likely N-dealkylation sites (N-methyl/N-ethyl adjacent to an activating group) is 1. The van der Waals surface area contributed by atoms with Gasteiger partial charge in [-0.25, -0.2) is 4.79 Å². The first-order chi connectivity index (χ1) is 7.11. The molecule has 0 fully saturated rings. The van der Waals surface area contributed by atoms with Crippen LogP contribution in [0.5, 0.6) is 0 Å². The van der Waals surface area contributed by atoms with Crippen LogP contribution in [0, 0.1) is 0 Å². The average molecular weight is 218 g/mol. The molecule has 0 aliphatic rings. The summed E-state index contributed by atoms with van der Waals surface area (Å²) >= 11 is 0. The van der Waals surface area contributed by atoms with Crippen molar-refractivity contribution >= 4 is 12.0 Å². The van der Waals surface area contributed by atoms with Crippen molar-refractivity contribution in [2.45, 2.75) is 13.3 Å². The minimum atomic E-state index is -1.01. The van der Waals surface area contributed by atoms with Crippen molar-refractivity contribution in [1.82, 2.24) is 10.2 Å². The number of carboxylic acid groups (broad SMARTS) is 1. The summed E-state index contributed by atoms with van der Waals surface area (Å²) in [5, 5.41) is 11.1. The van der Waals surface area contributed by atoms with E-state index in [0.717, 1.165) is 0 Å². The van der Waals surface area contributed by atoms with Crippen molar-refractivity contribution in [2.75, 3.05) is 33.4 Å². The molecular weight excluding hydrogens is 200 g/mol. The number of nitrogens with zero attached hydrogens (tertiary/aromatic N) is 1. The molecule has 15 heavy (non-hydrogen) atoms. The number of methoxy groups -OCH3 is 1. The molecule has 6 nitrogen and oxygen atoms in total. The van der Waals surface area contributed by atoms with Crippen LogP contribution < -0.4 is 5.32 Å². The van der Waals surface area contributed by atoms with Gasteiger partial charge in [0.1, 0.15) is 6.54 Å². The van der Waals surface area contributed by atoms with Crippen molar-refractivity contribution in [1.29, 1.82) is 0 Å². The Balaban J connectivity index is 3.78. The number of urea groups is 1. The highest BCUT2D eigenvalue weighted by Crippen LogP contribution is 1.89. The zero-order valence-corrected chi connectivity index (χ0v) is 9.15. The lowest BCUT2D eigenvalue weighted by Gasteiger charge is -2.18. The summed E-state index contributed by atoms with van der Waals surface area (Å²) in [4.78, 5) is 23.0. The van der Waals surface area contributed by atoms with E-state index in [2.05, 4.69) is 5.32 Å². The molecule has 0 saturated carbocycles. The third kappa shape index (κ3) is 6.73. The van der Waals surface area contributed by atoms with Gasteiger partial charge in [-0.15, -0.1) is 0 Å². The lowest BCUT2D eigenvalue weighted by Crippen LogP contribution is -2.43. The minimum absolute atomic E-state index is 0.271. The van der Waals surface area contributed by atoms with Crippen LogP contribution in [0.2, 0.25) is 0 Å². The van der Waals surface area contributed by atoms with Crippen molar-refractivity contribution < 1.29 is 19.4 Å². The summed E-state index contributed by atoms with van der Waals surface area (Å²) in [6.45, 7) is 2.90. The average Bonchev–Trinajstić information content (AvgIpc) is 2.20. The van der Waals surface area contributed by atoms with Gasteiger partial charge < -0.3 is 20.1 Å². The van der Waals surface area contributed by atoms with Crippen LogP contribution in [0.3, 0.4) is 0 Å². The Labute approximate surface area is 89.2 Å². The molecular formula is C9H18N2O4. The molecule has 2 N–H and O–H groups in total. The van der Waals surface area contributed by atoms with Gasteiger partial charge in [-0.1, -0.05) is 0 Å². The molecule has 0 radical (unpaired) electrons. The van der Waals surface area contributed by atoms with Crippen LogP contribution >= 0.6 is 0 Å². The van der Waals surface area contributed by atoms with Gasteiger partial charge in [0.05, 0.1) is 0 Å². The highest BCUT2D eigenvalue weighted by atomic mass is 16.5. The topological polar surface area (TPSA) is 78.9 Å². The standard InChI is InChI=1S/C9H18N2O4/c1-3-11(7-8(12)13)9(14)10-5-4-6-15-2/h3-7H2,1-2H3,(H,10,14)(H,12,13). The van der Waals surface area contributed by atoms with Crippen LogP contribution in [0.15, 0.2) is 0 Å². The van der Waals surface area contributed by atoms with Crippen molar-refractivity contribution in [3.05, 3.63) is 0 Å². The summed E-state index contributed by atoms with van der Waals surface area (Å²) < 4.78 is 4.82. The van der Waals surface area contributed by atoms with E-state index in [4.69, 9.17) is 9.84 Å². The van der Waals surface area contributed by atoms with Crippen LogP contribution in [-0.4, -0.2) is 55.4 Å². The quantitative estimate of drug-likeness (QED) is 0.596.